The molecule has 2 rings (SSSR count). The van der Waals surface area contributed by atoms with Crippen LogP contribution in [0.3, 0.4) is 0 Å². The first-order chi connectivity index (χ1) is 8.95. The number of nitrogens with one attached hydrogen (secondary N) is 1. The van der Waals surface area contributed by atoms with Gasteiger partial charge in [0.05, 0.1) is 5.69 Å². The molecule has 3 N–H and O–H groups in total. The second kappa shape index (κ2) is 5.90. The topological polar surface area (TPSA) is 38.0 Å². The van der Waals surface area contributed by atoms with Crippen molar-refractivity contribution in [2.45, 2.75) is 6.92 Å². The summed E-state index contributed by atoms with van der Waals surface area (Å²) in [6.45, 7) is 2.03. The Balaban J connectivity index is 2.42. The molecular formula is C14H12BrClN2S. The number of nitrogens with two attached hydrogens (primary N) is 1. The van der Waals surface area contributed by atoms with Gasteiger partial charge < -0.3 is 11.1 Å². The average Bonchev–Trinajstić information content (AvgIpc) is 2.26. The summed E-state index contributed by atoms with van der Waals surface area (Å²) in [6.07, 6.45) is 0. The van der Waals surface area contributed by atoms with Crippen molar-refractivity contribution in [3.8, 4) is 0 Å². The SMILES string of the molecule is Cc1cc(Br)cc(Nc2cc(Cl)ccc2C(N)=S)c1. The molecule has 0 aliphatic carbocycles. The van der Waals surface area contributed by atoms with Gasteiger partial charge >= 0.3 is 0 Å². The normalized spacial score (nSPS) is 10.3. The number of rotatable bonds is 3. The molecule has 0 saturated carbocycles. The third kappa shape index (κ3) is 3.69. The van der Waals surface area contributed by atoms with Gasteiger partial charge in [0.1, 0.15) is 4.99 Å². The lowest BCUT2D eigenvalue weighted by Gasteiger charge is -2.12. The van der Waals surface area contributed by atoms with Crippen LogP contribution in [0.1, 0.15) is 11.1 Å². The minimum absolute atomic E-state index is 0.339. The van der Waals surface area contributed by atoms with Crippen LogP contribution < -0.4 is 11.1 Å². The summed E-state index contributed by atoms with van der Waals surface area (Å²) in [5.41, 5.74) is 9.39. The molecule has 19 heavy (non-hydrogen) atoms. The lowest BCUT2D eigenvalue weighted by Crippen LogP contribution is -2.11. The Bertz CT molecular complexity index is 623. The van der Waals surface area contributed by atoms with Gasteiger partial charge in [0.25, 0.3) is 0 Å². The van der Waals surface area contributed by atoms with E-state index in [-0.39, 0.29) is 0 Å². The van der Waals surface area contributed by atoms with Crippen molar-refractivity contribution < 1.29 is 0 Å². The van der Waals surface area contributed by atoms with E-state index in [4.69, 9.17) is 29.6 Å². The van der Waals surface area contributed by atoms with Crippen molar-refractivity contribution >= 4 is 56.1 Å². The molecule has 0 aliphatic heterocycles. The summed E-state index contributed by atoms with van der Waals surface area (Å²) in [5.74, 6) is 0. The fourth-order valence-corrected chi connectivity index (χ4v) is 2.76. The van der Waals surface area contributed by atoms with E-state index in [1.807, 2.05) is 37.3 Å². The minimum atomic E-state index is 0.339. The zero-order valence-corrected chi connectivity index (χ0v) is 13.4. The second-order valence-electron chi connectivity index (χ2n) is 4.20. The van der Waals surface area contributed by atoms with Gasteiger partial charge in [-0.05, 0) is 48.9 Å². The van der Waals surface area contributed by atoms with Gasteiger partial charge in [0.2, 0.25) is 0 Å². The monoisotopic (exact) mass is 354 g/mol. The second-order valence-corrected chi connectivity index (χ2v) is 5.99. The summed E-state index contributed by atoms with van der Waals surface area (Å²) in [7, 11) is 0. The number of hydrogen-bond donors (Lipinski definition) is 2. The van der Waals surface area contributed by atoms with Gasteiger partial charge in [-0.2, -0.15) is 0 Å². The standard InChI is InChI=1S/C14H12BrClN2S/c1-8-4-9(15)6-11(5-8)18-13-7-10(16)2-3-12(13)14(17)19/h2-7,18H,1H3,(H2,17,19). The number of anilines is 2. The van der Waals surface area contributed by atoms with Gasteiger partial charge in [0, 0.05) is 20.7 Å². The lowest BCUT2D eigenvalue weighted by atomic mass is 10.1. The Kier molecular flexibility index (Phi) is 4.45. The highest BCUT2D eigenvalue weighted by molar-refractivity contribution is 9.10. The van der Waals surface area contributed by atoms with E-state index >= 15 is 0 Å². The molecule has 0 radical (unpaired) electrons. The van der Waals surface area contributed by atoms with E-state index in [0.29, 0.717) is 10.0 Å². The number of thiocarbonyl (C=S) groups is 1. The Labute approximate surface area is 131 Å². The van der Waals surface area contributed by atoms with Crippen molar-refractivity contribution in [2.24, 2.45) is 5.73 Å². The third-order valence-electron chi connectivity index (χ3n) is 2.57. The Hall–Kier alpha value is -1.10. The largest absolute Gasteiger partial charge is 0.389 e. The number of benzene rings is 2. The molecule has 0 atom stereocenters. The van der Waals surface area contributed by atoms with Crippen molar-refractivity contribution in [3.63, 3.8) is 0 Å². The molecule has 0 aliphatic rings. The molecule has 2 nitrogen and oxygen atoms in total. The predicted octanol–water partition coefficient (Wildman–Crippen LogP) is 4.79. The van der Waals surface area contributed by atoms with Crippen LogP contribution in [0.15, 0.2) is 40.9 Å². The van der Waals surface area contributed by atoms with E-state index in [1.54, 1.807) is 6.07 Å². The molecule has 5 heteroatoms. The van der Waals surface area contributed by atoms with Crippen LogP contribution in [0.2, 0.25) is 5.02 Å². The lowest BCUT2D eigenvalue weighted by molar-refractivity contribution is 1.43. The molecule has 0 aromatic heterocycles. The van der Waals surface area contributed by atoms with Crippen LogP contribution in [-0.2, 0) is 0 Å². The van der Waals surface area contributed by atoms with Crippen LogP contribution >= 0.6 is 39.7 Å². The summed E-state index contributed by atoms with van der Waals surface area (Å²) in [4.78, 5) is 0.339. The fourth-order valence-electron chi connectivity index (χ4n) is 1.80. The highest BCUT2D eigenvalue weighted by Gasteiger charge is 2.07. The first kappa shape index (κ1) is 14.3. The molecule has 0 saturated heterocycles. The molecule has 2 aromatic rings. The van der Waals surface area contributed by atoms with Crippen LogP contribution in [0.5, 0.6) is 0 Å². The summed E-state index contributed by atoms with van der Waals surface area (Å²) in [6, 6.07) is 11.5. The quantitative estimate of drug-likeness (QED) is 0.778. The van der Waals surface area contributed by atoms with E-state index in [9.17, 15) is 0 Å². The Morgan fingerprint density at radius 1 is 1.26 bits per heavy atom. The summed E-state index contributed by atoms with van der Waals surface area (Å²) < 4.78 is 1.01. The maximum Gasteiger partial charge on any atom is 0.106 e. The first-order valence-electron chi connectivity index (χ1n) is 5.59. The minimum Gasteiger partial charge on any atom is -0.389 e. The summed E-state index contributed by atoms with van der Waals surface area (Å²) >= 11 is 14.5. The molecule has 0 unspecified atom stereocenters. The zero-order valence-electron chi connectivity index (χ0n) is 10.2. The maximum absolute atomic E-state index is 6.02. The molecular weight excluding hydrogens is 344 g/mol. The van der Waals surface area contributed by atoms with Crippen LogP contribution in [0.4, 0.5) is 11.4 Å². The van der Waals surface area contributed by atoms with Crippen molar-refractivity contribution in [1.29, 1.82) is 0 Å². The predicted molar refractivity (Wildman–Crippen MR) is 89.5 cm³/mol. The first-order valence-corrected chi connectivity index (χ1v) is 7.17. The Morgan fingerprint density at radius 2 is 2.00 bits per heavy atom. The number of halogens is 2. The molecule has 0 heterocycles. The molecule has 0 spiro atoms. The van der Waals surface area contributed by atoms with E-state index in [2.05, 4.69) is 21.2 Å². The van der Waals surface area contributed by atoms with E-state index in [1.165, 1.54) is 0 Å². The van der Waals surface area contributed by atoms with Crippen molar-refractivity contribution in [3.05, 3.63) is 57.0 Å². The zero-order chi connectivity index (χ0) is 14.0. The molecule has 2 aromatic carbocycles. The maximum atomic E-state index is 6.02. The highest BCUT2D eigenvalue weighted by Crippen LogP contribution is 2.27. The molecule has 0 bridgehead atoms. The number of hydrogen-bond acceptors (Lipinski definition) is 2. The third-order valence-corrected chi connectivity index (χ3v) is 3.48. The van der Waals surface area contributed by atoms with Gasteiger partial charge in [-0.15, -0.1) is 0 Å². The fraction of sp³-hybridized carbons (Fsp3) is 0.0714. The van der Waals surface area contributed by atoms with E-state index < -0.39 is 0 Å². The smallest absolute Gasteiger partial charge is 0.106 e. The Morgan fingerprint density at radius 3 is 2.63 bits per heavy atom. The number of aryl methyl sites for hydroxylation is 1. The van der Waals surface area contributed by atoms with Crippen molar-refractivity contribution in [1.82, 2.24) is 0 Å². The molecule has 0 amide bonds. The van der Waals surface area contributed by atoms with Gasteiger partial charge in [-0.25, -0.2) is 0 Å². The van der Waals surface area contributed by atoms with Gasteiger partial charge in [-0.3, -0.25) is 0 Å². The van der Waals surface area contributed by atoms with Crippen LogP contribution in [0, 0.1) is 6.92 Å². The van der Waals surface area contributed by atoms with Gasteiger partial charge in [0.15, 0.2) is 0 Å². The van der Waals surface area contributed by atoms with Crippen molar-refractivity contribution in [2.75, 3.05) is 5.32 Å². The molecule has 0 fully saturated rings. The average molecular weight is 356 g/mol. The van der Waals surface area contributed by atoms with Crippen LogP contribution in [0.25, 0.3) is 0 Å². The summed E-state index contributed by atoms with van der Waals surface area (Å²) in [5, 5.41) is 3.93. The highest BCUT2D eigenvalue weighted by atomic mass is 79.9. The molecule has 98 valence electrons. The van der Waals surface area contributed by atoms with Gasteiger partial charge in [-0.1, -0.05) is 39.7 Å². The van der Waals surface area contributed by atoms with E-state index in [0.717, 1.165) is 27.0 Å². The van der Waals surface area contributed by atoms with Crippen LogP contribution in [-0.4, -0.2) is 4.99 Å².